The van der Waals surface area contributed by atoms with Crippen LogP contribution in [0.3, 0.4) is 0 Å². The maximum atomic E-state index is 8.68. The third kappa shape index (κ3) is 5.03. The molecule has 4 heteroatoms. The summed E-state index contributed by atoms with van der Waals surface area (Å²) >= 11 is 0. The number of rotatable bonds is 6. The summed E-state index contributed by atoms with van der Waals surface area (Å²) in [7, 11) is 0. The van der Waals surface area contributed by atoms with E-state index >= 15 is 0 Å². The Morgan fingerprint density at radius 2 is 1.68 bits per heavy atom. The minimum atomic E-state index is -0.0656. The minimum absolute atomic E-state index is 0.0656. The van der Waals surface area contributed by atoms with E-state index in [9.17, 15) is 0 Å². The van der Waals surface area contributed by atoms with Gasteiger partial charge in [-0.2, -0.15) is 0 Å². The van der Waals surface area contributed by atoms with Crippen molar-refractivity contribution < 1.29 is 19.9 Å². The predicted molar refractivity (Wildman–Crippen MR) is 72.5 cm³/mol. The van der Waals surface area contributed by atoms with E-state index in [-0.39, 0.29) is 12.2 Å². The van der Waals surface area contributed by atoms with E-state index in [2.05, 4.69) is 4.89 Å². The second kappa shape index (κ2) is 8.20. The Balaban J connectivity index is 1.55. The topological polar surface area (TPSA) is 47.9 Å². The second-order valence-electron chi connectivity index (χ2n) is 6.23. The standard InChI is InChI=1S/C15H28O4/c1-12(18-16)14-7-9-15(10-8-14)19-17-11-13-5-3-2-4-6-13/h12-16H,2-11H2,1H3. The fourth-order valence-electron chi connectivity index (χ4n) is 3.33. The summed E-state index contributed by atoms with van der Waals surface area (Å²) in [6, 6.07) is 0. The third-order valence-corrected chi connectivity index (χ3v) is 4.78. The third-order valence-electron chi connectivity index (χ3n) is 4.78. The van der Waals surface area contributed by atoms with Crippen LogP contribution in [0.15, 0.2) is 0 Å². The highest BCUT2D eigenvalue weighted by Gasteiger charge is 2.27. The van der Waals surface area contributed by atoms with E-state index < -0.39 is 0 Å². The normalized spacial score (nSPS) is 31.3. The van der Waals surface area contributed by atoms with Gasteiger partial charge in [0.05, 0.1) is 18.8 Å². The first kappa shape index (κ1) is 15.2. The zero-order chi connectivity index (χ0) is 13.5. The number of hydrogen-bond acceptors (Lipinski definition) is 4. The van der Waals surface area contributed by atoms with Crippen molar-refractivity contribution in [2.24, 2.45) is 11.8 Å². The Labute approximate surface area is 116 Å². The van der Waals surface area contributed by atoms with Crippen LogP contribution in [0.25, 0.3) is 0 Å². The molecule has 0 amide bonds. The summed E-state index contributed by atoms with van der Waals surface area (Å²) in [4.78, 5) is 15.4. The molecule has 0 aromatic carbocycles. The molecular weight excluding hydrogens is 244 g/mol. The molecule has 2 aliphatic rings. The Hall–Kier alpha value is -0.160. The molecule has 0 aromatic rings. The molecule has 19 heavy (non-hydrogen) atoms. The largest absolute Gasteiger partial charge is 0.252 e. The van der Waals surface area contributed by atoms with Crippen LogP contribution in [0.1, 0.15) is 64.7 Å². The van der Waals surface area contributed by atoms with E-state index in [0.717, 1.165) is 32.3 Å². The number of hydrogen-bond donors (Lipinski definition) is 1. The van der Waals surface area contributed by atoms with E-state index in [1.165, 1.54) is 32.1 Å². The van der Waals surface area contributed by atoms with Crippen LogP contribution in [0, 0.1) is 11.8 Å². The fourth-order valence-corrected chi connectivity index (χ4v) is 3.33. The second-order valence-corrected chi connectivity index (χ2v) is 6.23. The summed E-state index contributed by atoms with van der Waals surface area (Å²) in [6.07, 6.45) is 10.9. The highest BCUT2D eigenvalue weighted by Crippen LogP contribution is 2.30. The van der Waals surface area contributed by atoms with Crippen LogP contribution < -0.4 is 0 Å². The first-order valence-electron chi connectivity index (χ1n) is 7.88. The lowest BCUT2D eigenvalue weighted by molar-refractivity contribution is -0.338. The molecule has 1 unspecified atom stereocenters. The summed E-state index contributed by atoms with van der Waals surface area (Å²) in [5, 5.41) is 8.68. The van der Waals surface area contributed by atoms with Crippen LogP contribution in [-0.4, -0.2) is 24.1 Å². The maximum Gasteiger partial charge on any atom is 0.0930 e. The molecule has 112 valence electrons. The molecule has 0 saturated heterocycles. The molecule has 2 rings (SSSR count). The molecule has 4 nitrogen and oxygen atoms in total. The molecule has 1 atom stereocenters. The summed E-state index contributed by atoms with van der Waals surface area (Å²) < 4.78 is 0. The van der Waals surface area contributed by atoms with Gasteiger partial charge in [0.15, 0.2) is 0 Å². The van der Waals surface area contributed by atoms with Gasteiger partial charge in [-0.05, 0) is 57.3 Å². The predicted octanol–water partition coefficient (Wildman–Crippen LogP) is 3.95. The quantitative estimate of drug-likeness (QED) is 0.587. The summed E-state index contributed by atoms with van der Waals surface area (Å²) in [5.41, 5.74) is 0. The van der Waals surface area contributed by atoms with E-state index in [0.29, 0.717) is 11.8 Å². The van der Waals surface area contributed by atoms with Gasteiger partial charge in [0.1, 0.15) is 0 Å². The van der Waals surface area contributed by atoms with E-state index in [4.69, 9.17) is 15.0 Å². The maximum absolute atomic E-state index is 8.68. The van der Waals surface area contributed by atoms with Gasteiger partial charge in [0.25, 0.3) is 0 Å². The summed E-state index contributed by atoms with van der Waals surface area (Å²) in [6.45, 7) is 2.68. The Morgan fingerprint density at radius 1 is 1.00 bits per heavy atom. The smallest absolute Gasteiger partial charge is 0.0930 e. The van der Waals surface area contributed by atoms with E-state index in [1.807, 2.05) is 6.92 Å². The van der Waals surface area contributed by atoms with Crippen molar-refractivity contribution in [2.75, 3.05) is 6.61 Å². The molecule has 0 aliphatic heterocycles. The van der Waals surface area contributed by atoms with Gasteiger partial charge in [-0.1, -0.05) is 19.3 Å². The molecule has 0 bridgehead atoms. The molecular formula is C15H28O4. The lowest BCUT2D eigenvalue weighted by Crippen LogP contribution is -2.29. The van der Waals surface area contributed by atoms with Crippen molar-refractivity contribution in [1.29, 1.82) is 0 Å². The van der Waals surface area contributed by atoms with E-state index in [1.54, 1.807) is 0 Å². The van der Waals surface area contributed by atoms with Crippen molar-refractivity contribution in [1.82, 2.24) is 0 Å². The fraction of sp³-hybridized carbons (Fsp3) is 1.00. The van der Waals surface area contributed by atoms with Gasteiger partial charge in [-0.15, -0.1) is 0 Å². The van der Waals surface area contributed by atoms with Crippen molar-refractivity contribution >= 4 is 0 Å². The molecule has 1 N–H and O–H groups in total. The van der Waals surface area contributed by atoms with Gasteiger partial charge in [-0.3, -0.25) is 5.26 Å². The minimum Gasteiger partial charge on any atom is -0.252 e. The Bertz CT molecular complexity index is 232. The van der Waals surface area contributed by atoms with Crippen LogP contribution in [0.2, 0.25) is 0 Å². The summed E-state index contributed by atoms with van der Waals surface area (Å²) in [5.74, 6) is 1.15. The van der Waals surface area contributed by atoms with Gasteiger partial charge >= 0.3 is 0 Å². The van der Waals surface area contributed by atoms with Gasteiger partial charge in [0, 0.05) is 0 Å². The SMILES string of the molecule is CC(OO)C1CCC(OOCC2CCCCC2)CC1. The zero-order valence-electron chi connectivity index (χ0n) is 12.1. The molecule has 0 heterocycles. The average molecular weight is 272 g/mol. The van der Waals surface area contributed by atoms with Gasteiger partial charge in [-0.25, -0.2) is 14.7 Å². The lowest BCUT2D eigenvalue weighted by atomic mass is 9.84. The first-order chi connectivity index (χ1) is 9.29. The van der Waals surface area contributed by atoms with Crippen molar-refractivity contribution in [3.8, 4) is 0 Å². The van der Waals surface area contributed by atoms with Gasteiger partial charge < -0.3 is 0 Å². The van der Waals surface area contributed by atoms with Crippen molar-refractivity contribution in [3.05, 3.63) is 0 Å². The van der Waals surface area contributed by atoms with Crippen LogP contribution in [0.4, 0.5) is 0 Å². The highest BCUT2D eigenvalue weighted by molar-refractivity contribution is 4.75. The molecule has 0 radical (unpaired) electrons. The molecule has 0 aromatic heterocycles. The van der Waals surface area contributed by atoms with Crippen molar-refractivity contribution in [3.63, 3.8) is 0 Å². The highest BCUT2D eigenvalue weighted by atomic mass is 17.2. The lowest BCUT2D eigenvalue weighted by Gasteiger charge is -2.30. The van der Waals surface area contributed by atoms with Crippen LogP contribution in [0.5, 0.6) is 0 Å². The molecule has 2 aliphatic carbocycles. The Kier molecular flexibility index (Phi) is 6.57. The molecule has 2 saturated carbocycles. The average Bonchev–Trinajstić information content (AvgIpc) is 2.48. The van der Waals surface area contributed by atoms with Gasteiger partial charge in [0.2, 0.25) is 0 Å². The molecule has 2 fully saturated rings. The first-order valence-corrected chi connectivity index (χ1v) is 7.88. The zero-order valence-corrected chi connectivity index (χ0v) is 12.1. The monoisotopic (exact) mass is 272 g/mol. The Morgan fingerprint density at radius 3 is 2.32 bits per heavy atom. The van der Waals surface area contributed by atoms with Crippen LogP contribution >= 0.6 is 0 Å². The van der Waals surface area contributed by atoms with Crippen molar-refractivity contribution in [2.45, 2.75) is 76.9 Å². The van der Waals surface area contributed by atoms with Crippen LogP contribution in [-0.2, 0) is 14.7 Å². The molecule has 0 spiro atoms.